The topological polar surface area (TPSA) is 70.7 Å². The molecule has 3 rings (SSSR count). The summed E-state index contributed by atoms with van der Waals surface area (Å²) in [6, 6.07) is 24.0. The minimum absolute atomic E-state index is 0.0791. The highest BCUT2D eigenvalue weighted by molar-refractivity contribution is 6.06. The van der Waals surface area contributed by atoms with Crippen molar-refractivity contribution in [1.29, 1.82) is 0 Å². The van der Waals surface area contributed by atoms with Crippen molar-refractivity contribution in [2.45, 2.75) is 20.3 Å². The highest BCUT2D eigenvalue weighted by Crippen LogP contribution is 2.18. The number of carbonyl (C=O) groups excluding carboxylic acids is 2. The molecule has 32 heavy (non-hydrogen) atoms. The minimum Gasteiger partial charge on any atom is -0.494 e. The second-order valence-corrected chi connectivity index (χ2v) is 7.24. The van der Waals surface area contributed by atoms with Crippen LogP contribution in [0, 0.1) is 0 Å². The predicted molar refractivity (Wildman–Crippen MR) is 130 cm³/mol. The Balaban J connectivity index is 1.52. The fourth-order valence-electron chi connectivity index (χ4n) is 3.18. The molecule has 0 saturated carbocycles. The van der Waals surface area contributed by atoms with Crippen molar-refractivity contribution in [2.75, 3.05) is 35.2 Å². The second kappa shape index (κ2) is 11.6. The number of benzene rings is 3. The summed E-state index contributed by atoms with van der Waals surface area (Å²) in [5.74, 6) is 0.560. The van der Waals surface area contributed by atoms with Crippen LogP contribution in [-0.2, 0) is 4.79 Å². The Morgan fingerprint density at radius 1 is 0.844 bits per heavy atom. The number of carbonyl (C=O) groups is 2. The number of amides is 2. The average Bonchev–Trinajstić information content (AvgIpc) is 2.83. The Morgan fingerprint density at radius 3 is 2.12 bits per heavy atom. The molecule has 3 aromatic rings. The Kier molecular flexibility index (Phi) is 8.26. The molecule has 0 radical (unpaired) electrons. The van der Waals surface area contributed by atoms with Crippen LogP contribution in [0.4, 0.5) is 17.1 Å². The third kappa shape index (κ3) is 6.35. The predicted octanol–water partition coefficient (Wildman–Crippen LogP) is 5.19. The maximum atomic E-state index is 12.9. The smallest absolute Gasteiger partial charge is 0.258 e. The lowest BCUT2D eigenvalue weighted by atomic mass is 10.1. The standard InChI is InChI=1S/C26H29N3O3/c1-3-18-32-24-16-14-21(15-17-24)27-19-25(30)28-22-12-10-20(11-13-22)26(31)29(4-2)23-8-6-5-7-9-23/h5-17,27H,3-4,18-19H2,1-2H3,(H,28,30). The zero-order chi connectivity index (χ0) is 22.8. The van der Waals surface area contributed by atoms with Gasteiger partial charge >= 0.3 is 0 Å². The summed E-state index contributed by atoms with van der Waals surface area (Å²) in [5.41, 5.74) is 2.90. The van der Waals surface area contributed by atoms with Gasteiger partial charge in [-0.3, -0.25) is 9.59 Å². The van der Waals surface area contributed by atoms with Crippen LogP contribution in [0.3, 0.4) is 0 Å². The Morgan fingerprint density at radius 2 is 1.50 bits per heavy atom. The molecule has 3 aromatic carbocycles. The van der Waals surface area contributed by atoms with Crippen LogP contribution < -0.4 is 20.3 Å². The van der Waals surface area contributed by atoms with E-state index in [-0.39, 0.29) is 18.4 Å². The van der Waals surface area contributed by atoms with Crippen LogP contribution in [0.2, 0.25) is 0 Å². The molecule has 166 valence electrons. The lowest BCUT2D eigenvalue weighted by molar-refractivity contribution is -0.114. The van der Waals surface area contributed by atoms with Crippen LogP contribution in [-0.4, -0.2) is 31.5 Å². The first kappa shape index (κ1) is 22.9. The normalized spacial score (nSPS) is 10.3. The molecule has 0 aliphatic heterocycles. The van der Waals surface area contributed by atoms with E-state index < -0.39 is 0 Å². The van der Waals surface area contributed by atoms with E-state index >= 15 is 0 Å². The van der Waals surface area contributed by atoms with Crippen molar-refractivity contribution >= 4 is 28.9 Å². The molecule has 0 bridgehead atoms. The summed E-state index contributed by atoms with van der Waals surface area (Å²) in [6.07, 6.45) is 0.958. The third-order valence-corrected chi connectivity index (χ3v) is 4.83. The number of ether oxygens (including phenoxy) is 1. The van der Waals surface area contributed by atoms with Crippen molar-refractivity contribution < 1.29 is 14.3 Å². The Bertz CT molecular complexity index is 1000. The van der Waals surface area contributed by atoms with Crippen LogP contribution in [0.5, 0.6) is 5.75 Å². The number of nitrogens with zero attached hydrogens (tertiary/aromatic N) is 1. The number of hydrogen-bond donors (Lipinski definition) is 2. The van der Waals surface area contributed by atoms with E-state index in [9.17, 15) is 9.59 Å². The van der Waals surface area contributed by atoms with Gasteiger partial charge in [-0.05, 0) is 74.0 Å². The minimum atomic E-state index is -0.171. The summed E-state index contributed by atoms with van der Waals surface area (Å²) in [4.78, 5) is 26.9. The van der Waals surface area contributed by atoms with Crippen molar-refractivity contribution in [3.8, 4) is 5.75 Å². The summed E-state index contributed by atoms with van der Waals surface area (Å²) in [5, 5.41) is 5.93. The highest BCUT2D eigenvalue weighted by Gasteiger charge is 2.15. The number of hydrogen-bond acceptors (Lipinski definition) is 4. The van der Waals surface area contributed by atoms with Gasteiger partial charge in [0.15, 0.2) is 0 Å². The van der Waals surface area contributed by atoms with E-state index in [1.54, 1.807) is 29.2 Å². The van der Waals surface area contributed by atoms with Gasteiger partial charge in [0.2, 0.25) is 5.91 Å². The Hall–Kier alpha value is -3.80. The van der Waals surface area contributed by atoms with Gasteiger partial charge in [-0.15, -0.1) is 0 Å². The van der Waals surface area contributed by atoms with Gasteiger partial charge in [0.25, 0.3) is 5.91 Å². The van der Waals surface area contributed by atoms with Crippen LogP contribution in [0.25, 0.3) is 0 Å². The molecule has 0 saturated heterocycles. The van der Waals surface area contributed by atoms with Crippen LogP contribution in [0.15, 0.2) is 78.9 Å². The molecular weight excluding hydrogens is 402 g/mol. The number of nitrogens with one attached hydrogen (secondary N) is 2. The first-order valence-corrected chi connectivity index (χ1v) is 10.8. The summed E-state index contributed by atoms with van der Waals surface area (Å²) in [6.45, 7) is 5.39. The Labute approximate surface area is 189 Å². The van der Waals surface area contributed by atoms with E-state index in [0.717, 1.165) is 23.5 Å². The molecule has 0 aromatic heterocycles. The van der Waals surface area contributed by atoms with E-state index in [1.165, 1.54) is 0 Å². The highest BCUT2D eigenvalue weighted by atomic mass is 16.5. The molecule has 0 unspecified atom stereocenters. The third-order valence-electron chi connectivity index (χ3n) is 4.83. The SMILES string of the molecule is CCCOc1ccc(NCC(=O)Nc2ccc(C(=O)N(CC)c3ccccc3)cc2)cc1. The van der Waals surface area contributed by atoms with Crippen molar-refractivity contribution in [3.63, 3.8) is 0 Å². The monoisotopic (exact) mass is 431 g/mol. The van der Waals surface area contributed by atoms with E-state index in [4.69, 9.17) is 4.74 Å². The van der Waals surface area contributed by atoms with Crippen molar-refractivity contribution in [3.05, 3.63) is 84.4 Å². The van der Waals surface area contributed by atoms with Crippen molar-refractivity contribution in [1.82, 2.24) is 0 Å². The second-order valence-electron chi connectivity index (χ2n) is 7.24. The van der Waals surface area contributed by atoms with Gasteiger partial charge in [-0.25, -0.2) is 0 Å². The average molecular weight is 432 g/mol. The van der Waals surface area contributed by atoms with Crippen LogP contribution in [0.1, 0.15) is 30.6 Å². The fraction of sp³-hybridized carbons (Fsp3) is 0.231. The fourth-order valence-corrected chi connectivity index (χ4v) is 3.18. The molecule has 0 fully saturated rings. The van der Waals surface area contributed by atoms with Gasteiger partial charge in [0, 0.05) is 29.2 Å². The molecule has 2 N–H and O–H groups in total. The van der Waals surface area contributed by atoms with Gasteiger partial charge < -0.3 is 20.3 Å². The zero-order valence-corrected chi connectivity index (χ0v) is 18.5. The van der Waals surface area contributed by atoms with Crippen LogP contribution >= 0.6 is 0 Å². The molecule has 6 nitrogen and oxygen atoms in total. The van der Waals surface area contributed by atoms with E-state index in [1.807, 2.05) is 61.5 Å². The van der Waals surface area contributed by atoms with Gasteiger partial charge in [0.05, 0.1) is 13.2 Å². The molecule has 0 aliphatic carbocycles. The lowest BCUT2D eigenvalue weighted by Crippen LogP contribution is -2.30. The van der Waals surface area contributed by atoms with Gasteiger partial charge in [-0.1, -0.05) is 25.1 Å². The lowest BCUT2D eigenvalue weighted by Gasteiger charge is -2.21. The van der Waals surface area contributed by atoms with E-state index in [2.05, 4.69) is 17.6 Å². The van der Waals surface area contributed by atoms with Crippen molar-refractivity contribution in [2.24, 2.45) is 0 Å². The zero-order valence-electron chi connectivity index (χ0n) is 18.5. The molecule has 2 amide bonds. The number of para-hydroxylation sites is 1. The largest absolute Gasteiger partial charge is 0.494 e. The summed E-state index contributed by atoms with van der Waals surface area (Å²) >= 11 is 0. The molecule has 0 heterocycles. The molecular formula is C26H29N3O3. The molecule has 0 spiro atoms. The first-order valence-electron chi connectivity index (χ1n) is 10.8. The maximum absolute atomic E-state index is 12.9. The molecule has 0 atom stereocenters. The number of rotatable bonds is 10. The van der Waals surface area contributed by atoms with E-state index in [0.29, 0.717) is 24.4 Å². The molecule has 0 aliphatic rings. The summed E-state index contributed by atoms with van der Waals surface area (Å²) < 4.78 is 5.55. The first-order chi connectivity index (χ1) is 15.6. The van der Waals surface area contributed by atoms with Gasteiger partial charge in [-0.2, -0.15) is 0 Å². The van der Waals surface area contributed by atoms with Gasteiger partial charge in [0.1, 0.15) is 5.75 Å². The quantitative estimate of drug-likeness (QED) is 0.463. The molecule has 6 heteroatoms. The summed E-state index contributed by atoms with van der Waals surface area (Å²) in [7, 11) is 0. The maximum Gasteiger partial charge on any atom is 0.258 e. The number of anilines is 3.